The van der Waals surface area contributed by atoms with Gasteiger partial charge in [-0.05, 0) is 35.9 Å². The summed E-state index contributed by atoms with van der Waals surface area (Å²) in [6.45, 7) is 0.439. The summed E-state index contributed by atoms with van der Waals surface area (Å²) in [5.41, 5.74) is 7.29. The van der Waals surface area contributed by atoms with Crippen molar-refractivity contribution in [2.45, 2.75) is 0 Å². The van der Waals surface area contributed by atoms with E-state index in [1.807, 2.05) is 36.8 Å². The smallest absolute Gasteiger partial charge is 0.261 e. The summed E-state index contributed by atoms with van der Waals surface area (Å²) in [5, 5.41) is 3.55. The van der Waals surface area contributed by atoms with Gasteiger partial charge in [-0.1, -0.05) is 23.7 Å². The summed E-state index contributed by atoms with van der Waals surface area (Å²) in [6, 6.07) is 12.8. The second kappa shape index (κ2) is 7.42. The van der Waals surface area contributed by atoms with Crippen LogP contribution in [0.25, 0.3) is 10.6 Å². The number of nitrogens with two attached hydrogens (primary N) is 1. The van der Waals surface area contributed by atoms with Crippen LogP contribution in [0.2, 0.25) is 5.02 Å². The number of carbonyl (C=O) groups is 1. The summed E-state index contributed by atoms with van der Waals surface area (Å²) in [6.07, 6.45) is 3.52. The molecule has 0 saturated heterocycles. The van der Waals surface area contributed by atoms with Crippen molar-refractivity contribution in [2.24, 2.45) is 0 Å². The van der Waals surface area contributed by atoms with Gasteiger partial charge < -0.3 is 11.1 Å². The molecule has 0 unspecified atom stereocenters. The first-order chi connectivity index (χ1) is 11.6. The molecule has 3 N–H and O–H groups in total. The molecule has 1 radical (unpaired) electrons. The number of anilines is 1. The van der Waals surface area contributed by atoms with Crippen molar-refractivity contribution in [3.63, 3.8) is 0 Å². The van der Waals surface area contributed by atoms with Gasteiger partial charge in [0, 0.05) is 24.2 Å². The lowest BCUT2D eigenvalue weighted by molar-refractivity contribution is 0.0961. The van der Waals surface area contributed by atoms with Gasteiger partial charge in [0.2, 0.25) is 5.95 Å². The van der Waals surface area contributed by atoms with Gasteiger partial charge in [0.1, 0.15) is 0 Å². The molecule has 0 spiro atoms. The maximum absolute atomic E-state index is 12.2. The lowest BCUT2D eigenvalue weighted by Crippen LogP contribution is -2.23. The molecule has 3 aromatic rings. The molecule has 0 atom stereocenters. The average Bonchev–Trinajstić information content (AvgIpc) is 3.07. The van der Waals surface area contributed by atoms with Crippen molar-refractivity contribution in [3.8, 4) is 10.6 Å². The predicted molar refractivity (Wildman–Crippen MR) is 96.9 cm³/mol. The molecule has 0 aliphatic carbocycles. The first-order valence-corrected chi connectivity index (χ1v) is 8.37. The number of nitrogens with one attached hydrogen (secondary N) is 1. The largest absolute Gasteiger partial charge is 0.368 e. The number of hydrogen-bond donors (Lipinski definition) is 2. The molecule has 2 aromatic heterocycles. The molecule has 0 fully saturated rings. The molecule has 1 amide bonds. The number of nitrogen functional groups attached to an aromatic ring is 1. The van der Waals surface area contributed by atoms with E-state index in [1.54, 1.807) is 18.3 Å². The van der Waals surface area contributed by atoms with Crippen LogP contribution in [0.15, 0.2) is 48.7 Å². The highest BCUT2D eigenvalue weighted by atomic mass is 35.5. The van der Waals surface area contributed by atoms with Crippen molar-refractivity contribution < 1.29 is 4.79 Å². The van der Waals surface area contributed by atoms with E-state index in [2.05, 4.69) is 15.3 Å². The van der Waals surface area contributed by atoms with Gasteiger partial charge in [-0.3, -0.25) is 4.79 Å². The number of carbonyl (C=O) groups excluding carboxylic acids is 1. The fourth-order valence-electron chi connectivity index (χ4n) is 2.06. The number of rotatable bonds is 5. The van der Waals surface area contributed by atoms with E-state index in [4.69, 9.17) is 17.3 Å². The Labute approximate surface area is 148 Å². The molecule has 7 heteroatoms. The van der Waals surface area contributed by atoms with Gasteiger partial charge >= 0.3 is 0 Å². The van der Waals surface area contributed by atoms with E-state index >= 15 is 0 Å². The van der Waals surface area contributed by atoms with E-state index in [0.29, 0.717) is 22.1 Å². The van der Waals surface area contributed by atoms with Gasteiger partial charge in [0.15, 0.2) is 0 Å². The minimum atomic E-state index is -0.126. The third kappa shape index (κ3) is 4.10. The summed E-state index contributed by atoms with van der Waals surface area (Å²) in [4.78, 5) is 21.7. The van der Waals surface area contributed by atoms with Crippen molar-refractivity contribution in [3.05, 3.63) is 70.5 Å². The minimum absolute atomic E-state index is 0.126. The second-order valence-corrected chi connectivity index (χ2v) is 6.45. The Bertz CT molecular complexity index is 848. The van der Waals surface area contributed by atoms with E-state index in [9.17, 15) is 4.79 Å². The maximum Gasteiger partial charge on any atom is 0.261 e. The molecule has 0 aliphatic heterocycles. The summed E-state index contributed by atoms with van der Waals surface area (Å²) in [5.74, 6) is 0.0861. The summed E-state index contributed by atoms with van der Waals surface area (Å²) >= 11 is 7.20. The minimum Gasteiger partial charge on any atom is -0.368 e. The average molecular weight is 358 g/mol. The third-order valence-electron chi connectivity index (χ3n) is 3.23. The lowest BCUT2D eigenvalue weighted by Gasteiger charge is -2.03. The number of nitrogens with zero attached hydrogens (tertiary/aromatic N) is 2. The Morgan fingerprint density at radius 2 is 2.00 bits per heavy atom. The maximum atomic E-state index is 12.2. The van der Waals surface area contributed by atoms with Crippen LogP contribution in [0.4, 0.5) is 5.95 Å². The highest BCUT2D eigenvalue weighted by Gasteiger charge is 2.11. The van der Waals surface area contributed by atoms with Crippen molar-refractivity contribution in [1.82, 2.24) is 15.3 Å². The van der Waals surface area contributed by atoms with Gasteiger partial charge in [0.25, 0.3) is 5.91 Å². The van der Waals surface area contributed by atoms with Crippen LogP contribution in [0, 0.1) is 6.42 Å². The zero-order chi connectivity index (χ0) is 16.9. The Morgan fingerprint density at radius 3 is 2.75 bits per heavy atom. The third-order valence-corrected chi connectivity index (χ3v) is 4.59. The summed E-state index contributed by atoms with van der Waals surface area (Å²) in [7, 11) is 0. The lowest BCUT2D eigenvalue weighted by atomic mass is 10.1. The van der Waals surface area contributed by atoms with E-state index in [-0.39, 0.29) is 11.9 Å². The van der Waals surface area contributed by atoms with Crippen LogP contribution < -0.4 is 11.1 Å². The number of thiophene rings is 1. The molecule has 3 rings (SSSR count). The van der Waals surface area contributed by atoms with Crippen LogP contribution in [0.5, 0.6) is 0 Å². The number of hydrogen-bond acceptors (Lipinski definition) is 5. The normalized spacial score (nSPS) is 10.5. The fraction of sp³-hybridized carbons (Fsp3) is 0.0588. The van der Waals surface area contributed by atoms with Crippen LogP contribution in [0.3, 0.4) is 0 Å². The molecule has 0 bridgehead atoms. The van der Waals surface area contributed by atoms with Gasteiger partial charge in [0.05, 0.1) is 15.4 Å². The zero-order valence-corrected chi connectivity index (χ0v) is 14.1. The molecule has 0 aliphatic rings. The van der Waals surface area contributed by atoms with E-state index < -0.39 is 0 Å². The van der Waals surface area contributed by atoms with Crippen molar-refractivity contribution >= 4 is 34.8 Å². The van der Waals surface area contributed by atoms with E-state index in [1.165, 1.54) is 11.3 Å². The topological polar surface area (TPSA) is 80.9 Å². The Kier molecular flexibility index (Phi) is 5.08. The Balaban J connectivity index is 1.58. The van der Waals surface area contributed by atoms with Gasteiger partial charge in [-0.2, -0.15) is 0 Å². The van der Waals surface area contributed by atoms with Crippen LogP contribution >= 0.6 is 22.9 Å². The first kappa shape index (κ1) is 16.4. The van der Waals surface area contributed by atoms with Crippen LogP contribution in [0.1, 0.15) is 15.2 Å². The number of amides is 1. The Hall–Kier alpha value is -2.44. The highest BCUT2D eigenvalue weighted by molar-refractivity contribution is 7.17. The molecular weight excluding hydrogens is 344 g/mol. The molecular formula is C17H14ClN4OS. The zero-order valence-electron chi connectivity index (χ0n) is 12.6. The molecule has 1 aromatic carbocycles. The standard InChI is InChI=1S/C17H14ClN4OS/c18-12-3-1-11(2-4-12)7-9-20-16(23)15-6-5-14(24-15)13-8-10-21-17(19)22-13/h1-8,10H,9H2,(H,20,23)(H2,19,21,22). The Morgan fingerprint density at radius 1 is 1.21 bits per heavy atom. The predicted octanol–water partition coefficient (Wildman–Crippen LogP) is 3.42. The van der Waals surface area contributed by atoms with E-state index in [0.717, 1.165) is 10.4 Å². The highest BCUT2D eigenvalue weighted by Crippen LogP contribution is 2.26. The molecule has 24 heavy (non-hydrogen) atoms. The van der Waals surface area contributed by atoms with Crippen LogP contribution in [-0.4, -0.2) is 22.4 Å². The van der Waals surface area contributed by atoms with Crippen molar-refractivity contribution in [2.75, 3.05) is 12.3 Å². The SMILES string of the molecule is Nc1nccc(-c2ccc(C(=O)NC[CH]c3ccc(Cl)cc3)s2)n1. The van der Waals surface area contributed by atoms with Crippen molar-refractivity contribution in [1.29, 1.82) is 0 Å². The first-order valence-electron chi connectivity index (χ1n) is 7.17. The molecule has 0 saturated carbocycles. The summed E-state index contributed by atoms with van der Waals surface area (Å²) < 4.78 is 0. The monoisotopic (exact) mass is 357 g/mol. The second-order valence-electron chi connectivity index (χ2n) is 4.93. The number of benzene rings is 1. The number of halogens is 1. The molecule has 5 nitrogen and oxygen atoms in total. The number of aromatic nitrogens is 2. The van der Waals surface area contributed by atoms with Crippen LogP contribution in [-0.2, 0) is 0 Å². The van der Waals surface area contributed by atoms with Gasteiger partial charge in [-0.15, -0.1) is 11.3 Å². The molecule has 121 valence electrons. The van der Waals surface area contributed by atoms with Gasteiger partial charge in [-0.25, -0.2) is 9.97 Å². The quantitative estimate of drug-likeness (QED) is 0.733. The molecule has 2 heterocycles. The fourth-order valence-corrected chi connectivity index (χ4v) is 3.07.